The molecule has 0 radical (unpaired) electrons. The second kappa shape index (κ2) is 8.58. The molecule has 3 amide bonds. The van der Waals surface area contributed by atoms with E-state index < -0.39 is 23.9 Å². The van der Waals surface area contributed by atoms with Crippen molar-refractivity contribution in [2.45, 2.75) is 25.1 Å². The molecule has 4 rings (SSSR count). The number of hydrogen-bond acceptors (Lipinski definition) is 4. The highest BCUT2D eigenvalue weighted by molar-refractivity contribution is 5.92. The number of nitrogens with zero attached hydrogens (tertiary/aromatic N) is 4. The maximum absolute atomic E-state index is 13.2. The maximum atomic E-state index is 13.2. The molecule has 1 aromatic carbocycles. The van der Waals surface area contributed by atoms with E-state index >= 15 is 0 Å². The number of aromatic nitrogens is 2. The Morgan fingerprint density at radius 2 is 1.87 bits per heavy atom. The van der Waals surface area contributed by atoms with Crippen molar-refractivity contribution in [3.63, 3.8) is 0 Å². The first-order chi connectivity index (χ1) is 14.8. The van der Waals surface area contributed by atoms with Crippen LogP contribution in [-0.2, 0) is 15.7 Å². The minimum atomic E-state index is -4.55. The van der Waals surface area contributed by atoms with Gasteiger partial charge in [-0.2, -0.15) is 18.3 Å². The van der Waals surface area contributed by atoms with Crippen molar-refractivity contribution in [2.24, 2.45) is 0 Å². The highest BCUT2D eigenvalue weighted by Crippen LogP contribution is 2.33. The van der Waals surface area contributed by atoms with E-state index in [1.807, 2.05) is 0 Å². The smallest absolute Gasteiger partial charge is 0.368 e. The van der Waals surface area contributed by atoms with Gasteiger partial charge >= 0.3 is 12.2 Å². The van der Waals surface area contributed by atoms with Gasteiger partial charge in [-0.05, 0) is 37.1 Å². The van der Waals surface area contributed by atoms with E-state index in [1.54, 1.807) is 17.2 Å². The van der Waals surface area contributed by atoms with Gasteiger partial charge in [-0.15, -0.1) is 0 Å². The Bertz CT molecular complexity index is 934. The average molecular weight is 437 g/mol. The van der Waals surface area contributed by atoms with E-state index in [0.29, 0.717) is 31.8 Å². The Labute approximate surface area is 176 Å². The molecule has 11 heteroatoms. The van der Waals surface area contributed by atoms with Gasteiger partial charge in [0.05, 0.1) is 16.9 Å². The lowest BCUT2D eigenvalue weighted by Gasteiger charge is -2.35. The van der Waals surface area contributed by atoms with Gasteiger partial charge in [-0.25, -0.2) is 9.48 Å². The van der Waals surface area contributed by atoms with Gasteiger partial charge in [0.2, 0.25) is 0 Å². The number of amides is 3. The molecule has 2 aromatic rings. The highest BCUT2D eigenvalue weighted by Gasteiger charge is 2.33. The molecule has 2 aliphatic rings. The zero-order chi connectivity index (χ0) is 22.0. The molecule has 1 atom stereocenters. The van der Waals surface area contributed by atoms with Crippen molar-refractivity contribution in [3.8, 4) is 5.69 Å². The summed E-state index contributed by atoms with van der Waals surface area (Å²) >= 11 is 0. The Kier molecular flexibility index (Phi) is 5.86. The third kappa shape index (κ3) is 4.66. The van der Waals surface area contributed by atoms with Crippen LogP contribution < -0.4 is 5.32 Å². The third-order valence-electron chi connectivity index (χ3n) is 5.40. The summed E-state index contributed by atoms with van der Waals surface area (Å²) in [6, 6.07) is 4.21. The number of alkyl halides is 3. The Hall–Kier alpha value is -3.08. The third-order valence-corrected chi connectivity index (χ3v) is 5.40. The van der Waals surface area contributed by atoms with E-state index in [9.17, 15) is 22.8 Å². The normalized spacial score (nSPS) is 19.5. The van der Waals surface area contributed by atoms with Crippen LogP contribution in [0.2, 0.25) is 0 Å². The first-order valence-corrected chi connectivity index (χ1v) is 10.0. The summed E-state index contributed by atoms with van der Waals surface area (Å²) in [5.74, 6) is -0.0728. The average Bonchev–Trinajstić information content (AvgIpc) is 3.47. The fourth-order valence-corrected chi connectivity index (χ4v) is 3.72. The van der Waals surface area contributed by atoms with Crippen LogP contribution >= 0.6 is 0 Å². The lowest BCUT2D eigenvalue weighted by molar-refractivity contribution is -0.142. The molecule has 0 bridgehead atoms. The Morgan fingerprint density at radius 3 is 2.48 bits per heavy atom. The monoisotopic (exact) mass is 437 g/mol. The lowest BCUT2D eigenvalue weighted by atomic mass is 10.1. The quantitative estimate of drug-likeness (QED) is 0.801. The summed E-state index contributed by atoms with van der Waals surface area (Å²) in [5.41, 5.74) is -0.550. The fraction of sp³-hybridized carbons (Fsp3) is 0.450. The largest absolute Gasteiger partial charge is 0.416 e. The minimum Gasteiger partial charge on any atom is -0.368 e. The number of ether oxygens (including phenoxy) is 1. The van der Waals surface area contributed by atoms with Crippen LogP contribution in [0.15, 0.2) is 36.7 Å². The number of benzene rings is 1. The van der Waals surface area contributed by atoms with Gasteiger partial charge < -0.3 is 19.9 Å². The second-order valence-electron chi connectivity index (χ2n) is 7.42. The van der Waals surface area contributed by atoms with Gasteiger partial charge in [-0.1, -0.05) is 0 Å². The topological polar surface area (TPSA) is 79.7 Å². The number of hydrogen-bond donors (Lipinski definition) is 1. The highest BCUT2D eigenvalue weighted by atomic mass is 19.4. The summed E-state index contributed by atoms with van der Waals surface area (Å²) in [4.78, 5) is 28.3. The van der Waals surface area contributed by atoms with Crippen LogP contribution in [0, 0.1) is 0 Å². The Morgan fingerprint density at radius 1 is 1.13 bits per heavy atom. The minimum absolute atomic E-state index is 0.00128. The van der Waals surface area contributed by atoms with Crippen molar-refractivity contribution < 1.29 is 27.5 Å². The fourth-order valence-electron chi connectivity index (χ4n) is 3.72. The van der Waals surface area contributed by atoms with E-state index in [1.165, 1.54) is 21.8 Å². The summed E-state index contributed by atoms with van der Waals surface area (Å²) < 4.78 is 46.4. The van der Waals surface area contributed by atoms with E-state index in [0.717, 1.165) is 18.6 Å². The summed E-state index contributed by atoms with van der Waals surface area (Å²) in [6.45, 7) is 1.83. The molecule has 2 fully saturated rings. The molecular weight excluding hydrogens is 415 g/mol. The van der Waals surface area contributed by atoms with Crippen LogP contribution in [0.4, 0.5) is 23.7 Å². The van der Waals surface area contributed by atoms with Gasteiger partial charge in [0.15, 0.2) is 0 Å². The summed E-state index contributed by atoms with van der Waals surface area (Å²) in [7, 11) is 0. The molecule has 3 heterocycles. The molecule has 8 nitrogen and oxygen atoms in total. The number of rotatable bonds is 3. The molecule has 166 valence electrons. The molecule has 2 aliphatic heterocycles. The molecule has 0 aliphatic carbocycles. The first kappa shape index (κ1) is 21.2. The second-order valence-corrected chi connectivity index (χ2v) is 7.42. The standard InChI is InChI=1S/C20H22F3N5O3/c21-20(22,23)14-4-5-16(28-7-2-6-24-28)15(13-14)25-19(30)27-10-8-26(9-11-27)18(29)17-3-1-12-31-17/h2,4-7,13,17H,1,3,8-12H2,(H,25,30). The van der Waals surface area contributed by atoms with Crippen LogP contribution in [0.25, 0.3) is 5.69 Å². The van der Waals surface area contributed by atoms with Crippen molar-refractivity contribution in [1.82, 2.24) is 19.6 Å². The SMILES string of the molecule is O=C(Nc1cc(C(F)(F)F)ccc1-n1cccn1)N1CCN(C(=O)C2CCCO2)CC1. The number of anilines is 1. The molecule has 2 saturated heterocycles. The van der Waals surface area contributed by atoms with Crippen molar-refractivity contribution in [1.29, 1.82) is 0 Å². The molecule has 1 aromatic heterocycles. The number of carbonyl (C=O) groups is 2. The first-order valence-electron chi connectivity index (χ1n) is 10.0. The van der Waals surface area contributed by atoms with Crippen molar-refractivity contribution >= 4 is 17.6 Å². The Balaban J connectivity index is 1.45. The molecular formula is C20H22F3N5O3. The number of nitrogens with one attached hydrogen (secondary N) is 1. The summed E-state index contributed by atoms with van der Waals surface area (Å²) in [6.07, 6.45) is -0.334. The lowest BCUT2D eigenvalue weighted by Crippen LogP contribution is -2.53. The molecule has 1 unspecified atom stereocenters. The van der Waals surface area contributed by atoms with Gasteiger partial charge in [0.25, 0.3) is 5.91 Å². The number of piperazine rings is 1. The predicted octanol–water partition coefficient (Wildman–Crippen LogP) is 2.75. The van der Waals surface area contributed by atoms with Crippen molar-refractivity contribution in [2.75, 3.05) is 38.1 Å². The molecule has 0 saturated carbocycles. The zero-order valence-electron chi connectivity index (χ0n) is 16.6. The molecule has 31 heavy (non-hydrogen) atoms. The van der Waals surface area contributed by atoms with Crippen LogP contribution in [-0.4, -0.2) is 70.4 Å². The van der Waals surface area contributed by atoms with E-state index in [-0.39, 0.29) is 24.7 Å². The predicted molar refractivity (Wildman–Crippen MR) is 105 cm³/mol. The van der Waals surface area contributed by atoms with Crippen LogP contribution in [0.1, 0.15) is 18.4 Å². The van der Waals surface area contributed by atoms with Crippen LogP contribution in [0.5, 0.6) is 0 Å². The molecule has 1 N–H and O–H groups in total. The van der Waals surface area contributed by atoms with Gasteiger partial charge in [0.1, 0.15) is 6.10 Å². The number of carbonyl (C=O) groups excluding carboxylic acids is 2. The van der Waals surface area contributed by atoms with E-state index in [4.69, 9.17) is 4.74 Å². The maximum Gasteiger partial charge on any atom is 0.416 e. The van der Waals surface area contributed by atoms with Gasteiger partial charge in [0, 0.05) is 45.2 Å². The van der Waals surface area contributed by atoms with Crippen molar-refractivity contribution in [3.05, 3.63) is 42.2 Å². The van der Waals surface area contributed by atoms with Crippen LogP contribution in [0.3, 0.4) is 0 Å². The molecule has 0 spiro atoms. The van der Waals surface area contributed by atoms with E-state index in [2.05, 4.69) is 10.4 Å². The zero-order valence-corrected chi connectivity index (χ0v) is 16.6. The van der Waals surface area contributed by atoms with Gasteiger partial charge in [-0.3, -0.25) is 4.79 Å². The summed E-state index contributed by atoms with van der Waals surface area (Å²) in [5, 5.41) is 6.62. The number of halogens is 3. The number of urea groups is 1.